The van der Waals surface area contributed by atoms with E-state index in [1.807, 2.05) is 61.5 Å². The van der Waals surface area contributed by atoms with Gasteiger partial charge >= 0.3 is 6.03 Å². The minimum atomic E-state index is -0.671. The Morgan fingerprint density at radius 1 is 1.14 bits per heavy atom. The Kier molecular flexibility index (Phi) is 6.16. The van der Waals surface area contributed by atoms with Crippen LogP contribution in [0, 0.1) is 6.92 Å². The maximum Gasteiger partial charge on any atom is 0.322 e. The molecule has 7 heteroatoms. The normalized spacial score (nSPS) is 20.4. The van der Waals surface area contributed by atoms with Gasteiger partial charge in [0.15, 0.2) is 0 Å². The number of rotatable bonds is 8. The largest absolute Gasteiger partial charge is 0.352 e. The first kappa shape index (κ1) is 22.9. The van der Waals surface area contributed by atoms with E-state index >= 15 is 0 Å². The zero-order chi connectivity index (χ0) is 24.5. The minimum absolute atomic E-state index is 0.147. The molecule has 5 rings (SSSR count). The second-order valence-electron chi connectivity index (χ2n) is 9.47. The monoisotopic (exact) mass is 470 g/mol. The quantitative estimate of drug-likeness (QED) is 0.581. The van der Waals surface area contributed by atoms with Crippen LogP contribution in [-0.4, -0.2) is 52.8 Å². The summed E-state index contributed by atoms with van der Waals surface area (Å²) in [5.41, 5.74) is 4.08. The van der Waals surface area contributed by atoms with Crippen molar-refractivity contribution >= 4 is 17.8 Å². The molecule has 2 unspecified atom stereocenters. The number of hydrogen-bond acceptors (Lipinski definition) is 3. The van der Waals surface area contributed by atoms with Gasteiger partial charge in [0.05, 0.1) is 23.9 Å². The van der Waals surface area contributed by atoms with Crippen LogP contribution in [0.1, 0.15) is 35.6 Å². The van der Waals surface area contributed by atoms with E-state index in [1.54, 1.807) is 15.9 Å². The molecule has 0 spiro atoms. The van der Waals surface area contributed by atoms with Crippen LogP contribution in [-0.2, 0) is 16.0 Å². The van der Waals surface area contributed by atoms with E-state index in [4.69, 9.17) is 0 Å². The van der Waals surface area contributed by atoms with Crippen molar-refractivity contribution in [2.45, 2.75) is 44.3 Å². The minimum Gasteiger partial charge on any atom is -0.352 e. The molecule has 2 aliphatic heterocycles. The van der Waals surface area contributed by atoms with E-state index in [2.05, 4.69) is 17.2 Å². The van der Waals surface area contributed by atoms with Gasteiger partial charge < -0.3 is 15.5 Å². The fraction of sp³-hybridized carbons (Fsp3) is 0.321. The van der Waals surface area contributed by atoms with Crippen LogP contribution in [0.15, 0.2) is 78.5 Å². The molecule has 3 aliphatic rings. The summed E-state index contributed by atoms with van der Waals surface area (Å²) in [6.45, 7) is 6.26. The number of carbonyl (C=O) groups excluding carboxylic acids is 3. The topological polar surface area (TPSA) is 81.8 Å². The van der Waals surface area contributed by atoms with Gasteiger partial charge in [-0.1, -0.05) is 66.2 Å². The van der Waals surface area contributed by atoms with Crippen molar-refractivity contribution in [3.63, 3.8) is 0 Å². The third-order valence-corrected chi connectivity index (χ3v) is 6.85. The summed E-state index contributed by atoms with van der Waals surface area (Å²) in [4.78, 5) is 43.6. The first-order chi connectivity index (χ1) is 17.0. The lowest BCUT2D eigenvalue weighted by molar-refractivity contribution is -0.136. The molecule has 0 aromatic heterocycles. The Balaban J connectivity index is 1.51. The van der Waals surface area contributed by atoms with Gasteiger partial charge in [-0.25, -0.2) is 4.79 Å². The number of urea groups is 1. The smallest absolute Gasteiger partial charge is 0.322 e. The fourth-order valence-corrected chi connectivity index (χ4v) is 4.80. The zero-order valence-corrected chi connectivity index (χ0v) is 19.9. The average Bonchev–Trinajstić information content (AvgIpc) is 3.61. The number of benzene rings is 2. The summed E-state index contributed by atoms with van der Waals surface area (Å²) < 4.78 is 0. The maximum absolute atomic E-state index is 14.0. The number of aryl methyl sites for hydroxylation is 1. The highest BCUT2D eigenvalue weighted by atomic mass is 16.2. The second-order valence-corrected chi connectivity index (χ2v) is 9.47. The van der Waals surface area contributed by atoms with Crippen LogP contribution in [0.5, 0.6) is 0 Å². The highest BCUT2D eigenvalue weighted by Gasteiger charge is 2.47. The lowest BCUT2D eigenvalue weighted by atomic mass is 9.94. The van der Waals surface area contributed by atoms with Crippen molar-refractivity contribution in [1.29, 1.82) is 0 Å². The first-order valence-corrected chi connectivity index (χ1v) is 12.1. The first-order valence-electron chi connectivity index (χ1n) is 12.1. The Morgan fingerprint density at radius 2 is 1.86 bits per heavy atom. The highest BCUT2D eigenvalue weighted by molar-refractivity contribution is 6.03. The standard InChI is InChI=1S/C28H30N4O3/c1-3-15-31-23-17-32(22(26(33)29-21-13-14-21)16-19-7-5-4-6-8-19)27(34)24(23)25(30-28(31)35)20-11-9-18(2)10-12-20/h3-12,21-22,25H,1,13-17H2,2H3,(H,29,33)(H,30,35). The summed E-state index contributed by atoms with van der Waals surface area (Å²) in [7, 11) is 0. The molecule has 4 amide bonds. The SMILES string of the molecule is C=CCN1C(=O)NC(c2ccc(C)cc2)C2=C1CN(C(Cc1ccccc1)C(=O)NC1CC1)C2=O. The van der Waals surface area contributed by atoms with E-state index in [1.165, 1.54) is 0 Å². The van der Waals surface area contributed by atoms with E-state index in [0.29, 0.717) is 17.7 Å². The molecule has 1 saturated carbocycles. The Bertz CT molecular complexity index is 1180. The predicted molar refractivity (Wildman–Crippen MR) is 133 cm³/mol. The summed E-state index contributed by atoms with van der Waals surface area (Å²) >= 11 is 0. The Hall–Kier alpha value is -3.87. The van der Waals surface area contributed by atoms with Gasteiger partial charge in [0.25, 0.3) is 5.91 Å². The van der Waals surface area contributed by atoms with Crippen LogP contribution < -0.4 is 10.6 Å². The number of nitrogens with one attached hydrogen (secondary N) is 2. The number of nitrogens with zero attached hydrogens (tertiary/aromatic N) is 2. The van der Waals surface area contributed by atoms with Crippen molar-refractivity contribution in [3.8, 4) is 0 Å². The molecular formula is C28H30N4O3. The lowest BCUT2D eigenvalue weighted by Crippen LogP contribution is -2.50. The molecular weight excluding hydrogens is 440 g/mol. The van der Waals surface area contributed by atoms with Crippen molar-refractivity contribution in [3.05, 3.63) is 95.2 Å². The molecule has 2 aromatic carbocycles. The Labute approximate surface area is 205 Å². The third kappa shape index (κ3) is 4.58. The van der Waals surface area contributed by atoms with Crippen LogP contribution in [0.4, 0.5) is 4.79 Å². The molecule has 7 nitrogen and oxygen atoms in total. The summed E-state index contributed by atoms with van der Waals surface area (Å²) in [6.07, 6.45) is 3.98. The molecule has 35 heavy (non-hydrogen) atoms. The van der Waals surface area contributed by atoms with Gasteiger partial charge in [0, 0.05) is 19.0 Å². The van der Waals surface area contributed by atoms with Gasteiger partial charge in [-0.2, -0.15) is 0 Å². The fourth-order valence-electron chi connectivity index (χ4n) is 4.80. The van der Waals surface area contributed by atoms with E-state index < -0.39 is 12.1 Å². The summed E-state index contributed by atoms with van der Waals surface area (Å²) in [6, 6.07) is 16.2. The number of amides is 4. The zero-order valence-electron chi connectivity index (χ0n) is 19.9. The van der Waals surface area contributed by atoms with Gasteiger partial charge in [-0.05, 0) is 30.9 Å². The van der Waals surface area contributed by atoms with E-state index in [0.717, 1.165) is 29.5 Å². The molecule has 1 aliphatic carbocycles. The van der Waals surface area contributed by atoms with Gasteiger partial charge in [0.2, 0.25) is 5.91 Å². The molecule has 2 aromatic rings. The third-order valence-electron chi connectivity index (χ3n) is 6.85. The molecule has 2 atom stereocenters. The molecule has 1 fully saturated rings. The lowest BCUT2D eigenvalue weighted by Gasteiger charge is -2.33. The maximum atomic E-state index is 14.0. The molecule has 180 valence electrons. The van der Waals surface area contributed by atoms with Crippen molar-refractivity contribution in [2.75, 3.05) is 13.1 Å². The van der Waals surface area contributed by atoms with Crippen molar-refractivity contribution in [1.82, 2.24) is 20.4 Å². The van der Waals surface area contributed by atoms with Crippen LogP contribution in [0.25, 0.3) is 0 Å². The van der Waals surface area contributed by atoms with Gasteiger partial charge in [-0.3, -0.25) is 14.5 Å². The molecule has 2 heterocycles. The molecule has 2 N–H and O–H groups in total. The van der Waals surface area contributed by atoms with Crippen molar-refractivity contribution in [2.24, 2.45) is 0 Å². The van der Waals surface area contributed by atoms with E-state index in [-0.39, 0.29) is 37.0 Å². The second kappa shape index (κ2) is 9.41. The molecule has 0 saturated heterocycles. The van der Waals surface area contributed by atoms with Gasteiger partial charge in [-0.15, -0.1) is 6.58 Å². The van der Waals surface area contributed by atoms with Crippen molar-refractivity contribution < 1.29 is 14.4 Å². The van der Waals surface area contributed by atoms with Gasteiger partial charge in [0.1, 0.15) is 6.04 Å². The summed E-state index contributed by atoms with van der Waals surface area (Å²) in [5.74, 6) is -0.363. The van der Waals surface area contributed by atoms with Crippen LogP contribution >= 0.6 is 0 Å². The summed E-state index contributed by atoms with van der Waals surface area (Å²) in [5, 5.41) is 6.09. The Morgan fingerprint density at radius 3 is 2.51 bits per heavy atom. The van der Waals surface area contributed by atoms with Crippen LogP contribution in [0.2, 0.25) is 0 Å². The number of carbonyl (C=O) groups is 3. The molecule has 0 bridgehead atoms. The van der Waals surface area contributed by atoms with E-state index in [9.17, 15) is 14.4 Å². The molecule has 0 radical (unpaired) electrons. The highest BCUT2D eigenvalue weighted by Crippen LogP contribution is 2.37. The average molecular weight is 471 g/mol. The predicted octanol–water partition coefficient (Wildman–Crippen LogP) is 3.23. The van der Waals surface area contributed by atoms with Crippen LogP contribution in [0.3, 0.4) is 0 Å². The number of hydrogen-bond donors (Lipinski definition) is 2.